The molecule has 0 spiro atoms. The lowest BCUT2D eigenvalue weighted by molar-refractivity contribution is -0.122. The maximum absolute atomic E-state index is 13.3. The van der Waals surface area contributed by atoms with Gasteiger partial charge in [-0.25, -0.2) is 9.36 Å². The van der Waals surface area contributed by atoms with Crippen LogP contribution in [0.3, 0.4) is 0 Å². The van der Waals surface area contributed by atoms with Crippen LogP contribution in [-0.2, 0) is 11.3 Å². The number of ketones is 1. The van der Waals surface area contributed by atoms with Gasteiger partial charge in [-0.15, -0.1) is 0 Å². The topological polar surface area (TPSA) is 90.2 Å². The average molecular weight is 428 g/mol. The summed E-state index contributed by atoms with van der Waals surface area (Å²) in [4.78, 5) is 50.7. The fourth-order valence-corrected chi connectivity index (χ4v) is 3.32. The molecule has 0 aliphatic heterocycles. The van der Waals surface area contributed by atoms with E-state index in [1.165, 1.54) is 29.7 Å². The Kier molecular flexibility index (Phi) is 6.22. The lowest BCUT2D eigenvalue weighted by Crippen LogP contribution is -2.43. The van der Waals surface area contributed by atoms with Gasteiger partial charge in [0, 0.05) is 16.6 Å². The highest BCUT2D eigenvalue weighted by Gasteiger charge is 2.18. The first kappa shape index (κ1) is 21.5. The zero-order valence-corrected chi connectivity index (χ0v) is 17.7. The van der Waals surface area contributed by atoms with E-state index in [2.05, 4.69) is 5.32 Å². The Morgan fingerprint density at radius 1 is 1.13 bits per heavy atom. The number of nitrogens with one attached hydrogen (secondary N) is 1. The van der Waals surface area contributed by atoms with Crippen LogP contribution in [0.5, 0.6) is 0 Å². The fraction of sp³-hybridized carbons (Fsp3) is 0.273. The van der Waals surface area contributed by atoms with Gasteiger partial charge >= 0.3 is 5.69 Å². The van der Waals surface area contributed by atoms with Crippen molar-refractivity contribution < 1.29 is 9.59 Å². The third kappa shape index (κ3) is 4.21. The Morgan fingerprint density at radius 3 is 2.53 bits per heavy atom. The van der Waals surface area contributed by atoms with Gasteiger partial charge in [-0.2, -0.15) is 0 Å². The molecule has 0 saturated heterocycles. The Morgan fingerprint density at radius 2 is 1.87 bits per heavy atom. The molecule has 30 heavy (non-hydrogen) atoms. The average Bonchev–Trinajstić information content (AvgIpc) is 2.71. The van der Waals surface area contributed by atoms with E-state index in [1.54, 1.807) is 24.3 Å². The van der Waals surface area contributed by atoms with E-state index in [4.69, 9.17) is 11.6 Å². The predicted molar refractivity (Wildman–Crippen MR) is 117 cm³/mol. The number of hydrogen-bond acceptors (Lipinski definition) is 4. The zero-order chi connectivity index (χ0) is 22.0. The smallest absolute Gasteiger partial charge is 0.336 e. The van der Waals surface area contributed by atoms with Gasteiger partial charge in [-0.1, -0.05) is 30.7 Å². The summed E-state index contributed by atoms with van der Waals surface area (Å²) in [7, 11) is 0. The maximum atomic E-state index is 13.3. The van der Waals surface area contributed by atoms with E-state index in [-0.39, 0.29) is 40.9 Å². The Hall–Kier alpha value is -3.19. The Labute approximate surface area is 177 Å². The number of rotatable bonds is 6. The van der Waals surface area contributed by atoms with Crippen molar-refractivity contribution in [1.82, 2.24) is 14.5 Å². The number of carbonyl (C=O) groups is 2. The normalized spacial score (nSPS) is 12.0. The van der Waals surface area contributed by atoms with Crippen LogP contribution in [0.2, 0.25) is 5.02 Å². The molecule has 0 aliphatic carbocycles. The third-order valence-corrected chi connectivity index (χ3v) is 5.17. The van der Waals surface area contributed by atoms with Gasteiger partial charge in [-0.05, 0) is 50.6 Å². The molecule has 0 radical (unpaired) electrons. The molecular formula is C22H22ClN3O4. The Bertz CT molecular complexity index is 1260. The molecule has 1 atom stereocenters. The van der Waals surface area contributed by atoms with Gasteiger partial charge < -0.3 is 5.32 Å². The minimum absolute atomic E-state index is 0.0544. The number of amides is 1. The maximum Gasteiger partial charge on any atom is 0.336 e. The van der Waals surface area contributed by atoms with Crippen LogP contribution < -0.4 is 16.6 Å². The molecule has 8 heteroatoms. The number of hydrogen-bond donors (Lipinski definition) is 1. The molecule has 3 rings (SSSR count). The molecule has 0 saturated carbocycles. The van der Waals surface area contributed by atoms with E-state index < -0.39 is 11.2 Å². The zero-order valence-electron chi connectivity index (χ0n) is 16.9. The number of halogens is 1. The first-order chi connectivity index (χ1) is 14.2. The molecule has 1 N–H and O–H groups in total. The molecule has 156 valence electrons. The number of nitrogens with zero attached hydrogens (tertiary/aromatic N) is 2. The van der Waals surface area contributed by atoms with Crippen molar-refractivity contribution in [3.8, 4) is 5.69 Å². The highest BCUT2D eigenvalue weighted by Crippen LogP contribution is 2.17. The van der Waals surface area contributed by atoms with E-state index in [9.17, 15) is 19.2 Å². The van der Waals surface area contributed by atoms with Gasteiger partial charge in [0.2, 0.25) is 5.91 Å². The summed E-state index contributed by atoms with van der Waals surface area (Å²) in [5, 5.41) is 3.40. The van der Waals surface area contributed by atoms with Crippen molar-refractivity contribution in [1.29, 1.82) is 0 Å². The molecule has 0 unspecified atom stereocenters. The van der Waals surface area contributed by atoms with Crippen molar-refractivity contribution in [2.45, 2.75) is 39.8 Å². The van der Waals surface area contributed by atoms with Crippen LogP contribution in [0.15, 0.2) is 52.1 Å². The second-order valence-electron chi connectivity index (χ2n) is 7.15. The van der Waals surface area contributed by atoms with Gasteiger partial charge in [0.1, 0.15) is 6.54 Å². The molecule has 0 aliphatic rings. The summed E-state index contributed by atoms with van der Waals surface area (Å²) in [5.41, 5.74) is -0.335. The van der Waals surface area contributed by atoms with E-state index in [0.29, 0.717) is 10.6 Å². The van der Waals surface area contributed by atoms with E-state index in [1.807, 2.05) is 13.8 Å². The third-order valence-electron chi connectivity index (χ3n) is 4.94. The van der Waals surface area contributed by atoms with E-state index >= 15 is 0 Å². The van der Waals surface area contributed by atoms with Crippen LogP contribution in [-0.4, -0.2) is 26.9 Å². The van der Waals surface area contributed by atoms with Crippen LogP contribution in [0, 0.1) is 0 Å². The molecule has 7 nitrogen and oxygen atoms in total. The second kappa shape index (κ2) is 8.67. The van der Waals surface area contributed by atoms with Crippen molar-refractivity contribution in [2.24, 2.45) is 0 Å². The lowest BCUT2D eigenvalue weighted by Gasteiger charge is -2.16. The number of fused-ring (bicyclic) bond motifs is 1. The molecule has 1 amide bonds. The second-order valence-corrected chi connectivity index (χ2v) is 7.59. The van der Waals surface area contributed by atoms with Gasteiger partial charge in [0.05, 0.1) is 16.6 Å². The van der Waals surface area contributed by atoms with Crippen molar-refractivity contribution in [3.05, 3.63) is 73.9 Å². The minimum atomic E-state index is -0.685. The highest BCUT2D eigenvalue weighted by atomic mass is 35.5. The number of carbonyl (C=O) groups excluding carboxylic acids is 2. The monoisotopic (exact) mass is 427 g/mol. The first-order valence-corrected chi connectivity index (χ1v) is 9.96. The first-order valence-electron chi connectivity index (χ1n) is 9.58. The molecule has 1 heterocycles. The number of Topliss-reactive ketones (excluding diaryl/α,β-unsaturated/α-hetero) is 1. The summed E-state index contributed by atoms with van der Waals surface area (Å²) >= 11 is 6.09. The van der Waals surface area contributed by atoms with Crippen molar-refractivity contribution in [3.63, 3.8) is 0 Å². The van der Waals surface area contributed by atoms with Crippen LogP contribution in [0.25, 0.3) is 16.6 Å². The number of benzene rings is 2. The SMILES string of the molecule is CC[C@@H](C)NC(=O)Cn1c(=O)n(-c2cccc(C(C)=O)c2)c(=O)c2ccc(Cl)cc21. The minimum Gasteiger partial charge on any atom is -0.352 e. The fourth-order valence-electron chi connectivity index (χ4n) is 3.15. The van der Waals surface area contributed by atoms with E-state index in [0.717, 1.165) is 11.0 Å². The standard InChI is InChI=1S/C22H22ClN3O4/c1-4-13(2)24-20(28)12-25-19-11-16(23)8-9-18(19)21(29)26(22(25)30)17-7-5-6-15(10-17)14(3)27/h5-11,13H,4,12H2,1-3H3,(H,24,28)/t13-/m1/s1. The molecule has 2 aromatic carbocycles. The van der Waals surface area contributed by atoms with Crippen LogP contribution in [0.1, 0.15) is 37.6 Å². The summed E-state index contributed by atoms with van der Waals surface area (Å²) in [6.07, 6.45) is 0.741. The summed E-state index contributed by atoms with van der Waals surface area (Å²) in [6, 6.07) is 10.8. The van der Waals surface area contributed by atoms with Crippen molar-refractivity contribution >= 4 is 34.2 Å². The summed E-state index contributed by atoms with van der Waals surface area (Å²) in [6.45, 7) is 4.94. The molecular weight excluding hydrogens is 406 g/mol. The van der Waals surface area contributed by atoms with Crippen LogP contribution in [0.4, 0.5) is 0 Å². The lowest BCUT2D eigenvalue weighted by atomic mass is 10.1. The quantitative estimate of drug-likeness (QED) is 0.612. The molecule has 3 aromatic rings. The Balaban J connectivity index is 2.27. The molecule has 1 aromatic heterocycles. The summed E-state index contributed by atoms with van der Waals surface area (Å²) < 4.78 is 2.19. The van der Waals surface area contributed by atoms with Gasteiger partial charge in [0.15, 0.2) is 5.78 Å². The van der Waals surface area contributed by atoms with Gasteiger partial charge in [-0.3, -0.25) is 19.0 Å². The molecule has 0 fully saturated rings. The predicted octanol–water partition coefficient (Wildman–Crippen LogP) is 2.92. The summed E-state index contributed by atoms with van der Waals surface area (Å²) in [5.74, 6) is -0.541. The largest absolute Gasteiger partial charge is 0.352 e. The highest BCUT2D eigenvalue weighted by molar-refractivity contribution is 6.31. The van der Waals surface area contributed by atoms with Crippen molar-refractivity contribution in [2.75, 3.05) is 0 Å². The van der Waals surface area contributed by atoms with Gasteiger partial charge in [0.25, 0.3) is 5.56 Å². The molecule has 0 bridgehead atoms. The number of aromatic nitrogens is 2. The van der Waals surface area contributed by atoms with Crippen LogP contribution >= 0.6 is 11.6 Å².